The molecule has 1 fully saturated rings. The van der Waals surface area contributed by atoms with Gasteiger partial charge in [0.05, 0.1) is 0 Å². The summed E-state index contributed by atoms with van der Waals surface area (Å²) in [6.45, 7) is 10.3. The second kappa shape index (κ2) is 8.56. The van der Waals surface area contributed by atoms with Gasteiger partial charge in [-0.15, -0.1) is 0 Å². The minimum atomic E-state index is 0.459. The highest BCUT2D eigenvalue weighted by Crippen LogP contribution is 2.26. The summed E-state index contributed by atoms with van der Waals surface area (Å²) < 4.78 is 1.15. The van der Waals surface area contributed by atoms with Gasteiger partial charge in [-0.2, -0.15) is 11.8 Å². The van der Waals surface area contributed by atoms with Crippen molar-refractivity contribution in [1.82, 2.24) is 10.2 Å². The molecule has 0 amide bonds. The summed E-state index contributed by atoms with van der Waals surface area (Å²) in [5.41, 5.74) is 1.40. The molecule has 1 N–H and O–H groups in total. The molecule has 2 nitrogen and oxygen atoms in total. The first-order valence-corrected chi connectivity index (χ1v) is 9.80. The molecule has 4 heteroatoms. The first-order valence-electron chi connectivity index (χ1n) is 7.96. The molecule has 21 heavy (non-hydrogen) atoms. The number of nitrogens with one attached hydrogen (secondary N) is 1. The van der Waals surface area contributed by atoms with Crippen LogP contribution in [0.2, 0.25) is 0 Å². The van der Waals surface area contributed by atoms with Crippen molar-refractivity contribution in [2.24, 2.45) is 0 Å². The Morgan fingerprint density at radius 2 is 2.05 bits per heavy atom. The third-order valence-electron chi connectivity index (χ3n) is 4.44. The van der Waals surface area contributed by atoms with Crippen LogP contribution < -0.4 is 5.32 Å². The molecule has 1 aliphatic rings. The molecule has 1 aromatic rings. The smallest absolute Gasteiger partial charge is 0.0332 e. The zero-order valence-corrected chi connectivity index (χ0v) is 15.7. The molecule has 0 radical (unpaired) electrons. The van der Waals surface area contributed by atoms with Crippen LogP contribution >= 0.6 is 27.7 Å². The first-order chi connectivity index (χ1) is 10.1. The van der Waals surface area contributed by atoms with Gasteiger partial charge < -0.3 is 5.32 Å². The molecule has 0 spiro atoms. The first kappa shape index (κ1) is 17.3. The van der Waals surface area contributed by atoms with Crippen molar-refractivity contribution in [3.63, 3.8) is 0 Å². The molecule has 118 valence electrons. The van der Waals surface area contributed by atoms with Crippen molar-refractivity contribution < 1.29 is 0 Å². The zero-order chi connectivity index (χ0) is 15.2. The van der Waals surface area contributed by atoms with Gasteiger partial charge in [-0.05, 0) is 37.6 Å². The van der Waals surface area contributed by atoms with Crippen LogP contribution in [0.4, 0.5) is 0 Å². The van der Waals surface area contributed by atoms with Gasteiger partial charge in [0.25, 0.3) is 0 Å². The summed E-state index contributed by atoms with van der Waals surface area (Å²) in [5, 5.41) is 4.39. The number of halogens is 1. The summed E-state index contributed by atoms with van der Waals surface area (Å²) in [6.07, 6.45) is 1.18. The average molecular weight is 371 g/mol. The van der Waals surface area contributed by atoms with E-state index in [0.717, 1.165) is 16.3 Å². The van der Waals surface area contributed by atoms with E-state index in [9.17, 15) is 0 Å². The van der Waals surface area contributed by atoms with Gasteiger partial charge in [-0.1, -0.05) is 41.9 Å². The van der Waals surface area contributed by atoms with Crippen molar-refractivity contribution in [1.29, 1.82) is 0 Å². The normalized spacial score (nSPS) is 25.0. The van der Waals surface area contributed by atoms with Gasteiger partial charge in [0.15, 0.2) is 0 Å². The highest BCUT2D eigenvalue weighted by Gasteiger charge is 2.25. The maximum Gasteiger partial charge on any atom is 0.0332 e. The molecular weight excluding hydrogens is 344 g/mol. The standard InChI is InChI=1S/C17H27BrN2S/c1-4-19-17(15-5-7-16(18)8-6-15)9-10-20-11-12-21-14(3)13(20)2/h5-8,13-14,17,19H,4,9-12H2,1-3H3. The Bertz CT molecular complexity index is 423. The number of nitrogens with zero attached hydrogens (tertiary/aromatic N) is 1. The van der Waals surface area contributed by atoms with E-state index in [0.29, 0.717) is 12.1 Å². The van der Waals surface area contributed by atoms with Gasteiger partial charge in [0, 0.05) is 40.6 Å². The van der Waals surface area contributed by atoms with E-state index < -0.39 is 0 Å². The van der Waals surface area contributed by atoms with Crippen molar-refractivity contribution in [3.8, 4) is 0 Å². The van der Waals surface area contributed by atoms with Crippen LogP contribution in [0.15, 0.2) is 28.7 Å². The Kier molecular flexibility index (Phi) is 7.06. The molecule has 0 aliphatic carbocycles. The maximum absolute atomic E-state index is 3.64. The van der Waals surface area contributed by atoms with Gasteiger partial charge >= 0.3 is 0 Å². The highest BCUT2D eigenvalue weighted by molar-refractivity contribution is 9.10. The van der Waals surface area contributed by atoms with Crippen LogP contribution in [0.1, 0.15) is 38.8 Å². The summed E-state index contributed by atoms with van der Waals surface area (Å²) in [5.74, 6) is 1.27. The summed E-state index contributed by atoms with van der Waals surface area (Å²) >= 11 is 5.63. The Balaban J connectivity index is 1.95. The predicted octanol–water partition coefficient (Wildman–Crippen LogP) is 4.32. The second-order valence-corrected chi connectivity index (χ2v) is 8.20. The Labute approximate surface area is 142 Å². The molecule has 0 saturated carbocycles. The fraction of sp³-hybridized carbons (Fsp3) is 0.647. The van der Waals surface area contributed by atoms with E-state index in [1.807, 2.05) is 0 Å². The summed E-state index contributed by atoms with van der Waals surface area (Å²) in [4.78, 5) is 2.66. The highest BCUT2D eigenvalue weighted by atomic mass is 79.9. The number of benzene rings is 1. The SMILES string of the molecule is CCNC(CCN1CCSC(C)C1C)c1ccc(Br)cc1. The van der Waals surface area contributed by atoms with Crippen LogP contribution in [-0.2, 0) is 0 Å². The van der Waals surface area contributed by atoms with E-state index >= 15 is 0 Å². The summed E-state index contributed by atoms with van der Waals surface area (Å²) in [7, 11) is 0. The molecule has 2 rings (SSSR count). The van der Waals surface area contributed by atoms with E-state index in [-0.39, 0.29) is 0 Å². The third-order valence-corrected chi connectivity index (χ3v) is 6.31. The van der Waals surface area contributed by atoms with Crippen molar-refractivity contribution in [2.75, 3.05) is 25.4 Å². The molecule has 3 atom stereocenters. The maximum atomic E-state index is 3.64. The van der Waals surface area contributed by atoms with Gasteiger partial charge in [0.2, 0.25) is 0 Å². The molecule has 1 aromatic carbocycles. The van der Waals surface area contributed by atoms with Gasteiger partial charge in [-0.3, -0.25) is 4.90 Å². The van der Waals surface area contributed by atoms with Crippen LogP contribution in [0, 0.1) is 0 Å². The number of thioether (sulfide) groups is 1. The topological polar surface area (TPSA) is 15.3 Å². The van der Waals surface area contributed by atoms with Gasteiger partial charge in [0.1, 0.15) is 0 Å². The van der Waals surface area contributed by atoms with Crippen molar-refractivity contribution in [2.45, 2.75) is 44.5 Å². The fourth-order valence-electron chi connectivity index (χ4n) is 2.93. The molecular formula is C17H27BrN2S. The lowest BCUT2D eigenvalue weighted by atomic mass is 10.0. The van der Waals surface area contributed by atoms with Crippen LogP contribution in [0.5, 0.6) is 0 Å². The largest absolute Gasteiger partial charge is 0.310 e. The second-order valence-electron chi connectivity index (χ2n) is 5.80. The Morgan fingerprint density at radius 1 is 1.33 bits per heavy atom. The van der Waals surface area contributed by atoms with Crippen LogP contribution in [0.25, 0.3) is 0 Å². The molecule has 0 bridgehead atoms. The lowest BCUT2D eigenvalue weighted by molar-refractivity contribution is 0.202. The van der Waals surface area contributed by atoms with Crippen molar-refractivity contribution in [3.05, 3.63) is 34.3 Å². The van der Waals surface area contributed by atoms with E-state index in [1.54, 1.807) is 0 Å². The Morgan fingerprint density at radius 3 is 2.71 bits per heavy atom. The number of hydrogen-bond donors (Lipinski definition) is 1. The van der Waals surface area contributed by atoms with E-state index in [4.69, 9.17) is 0 Å². The minimum absolute atomic E-state index is 0.459. The van der Waals surface area contributed by atoms with Crippen molar-refractivity contribution >= 4 is 27.7 Å². The number of hydrogen-bond acceptors (Lipinski definition) is 3. The Hall–Kier alpha value is -0.0300. The summed E-state index contributed by atoms with van der Waals surface area (Å²) in [6, 6.07) is 9.89. The van der Waals surface area contributed by atoms with E-state index in [1.165, 1.54) is 30.8 Å². The third kappa shape index (κ3) is 4.98. The van der Waals surface area contributed by atoms with Gasteiger partial charge in [-0.25, -0.2) is 0 Å². The average Bonchev–Trinajstić information content (AvgIpc) is 2.48. The predicted molar refractivity (Wildman–Crippen MR) is 98.1 cm³/mol. The number of rotatable bonds is 6. The molecule has 1 aliphatic heterocycles. The molecule has 1 heterocycles. The monoisotopic (exact) mass is 370 g/mol. The quantitative estimate of drug-likeness (QED) is 0.802. The van der Waals surface area contributed by atoms with E-state index in [2.05, 4.69) is 82.9 Å². The fourth-order valence-corrected chi connectivity index (χ4v) is 4.36. The molecule has 1 saturated heterocycles. The molecule has 3 unspecified atom stereocenters. The van der Waals surface area contributed by atoms with Crippen LogP contribution in [-0.4, -0.2) is 41.6 Å². The van der Waals surface area contributed by atoms with Crippen LogP contribution in [0.3, 0.4) is 0 Å². The zero-order valence-electron chi connectivity index (χ0n) is 13.3. The lowest BCUT2D eigenvalue weighted by Gasteiger charge is -2.38. The minimum Gasteiger partial charge on any atom is -0.310 e. The lowest BCUT2D eigenvalue weighted by Crippen LogP contribution is -2.45. The molecule has 0 aromatic heterocycles.